The highest BCUT2D eigenvalue weighted by Gasteiger charge is 2.11. The summed E-state index contributed by atoms with van der Waals surface area (Å²) in [6, 6.07) is 10.2. The molecule has 0 unspecified atom stereocenters. The molecule has 4 heteroatoms. The van der Waals surface area contributed by atoms with E-state index in [0.29, 0.717) is 12.1 Å². The van der Waals surface area contributed by atoms with Crippen molar-refractivity contribution in [2.45, 2.75) is 45.8 Å². The second kappa shape index (κ2) is 7.79. The number of nitrogens with zero attached hydrogens (tertiary/aromatic N) is 1. The maximum Gasteiger partial charge on any atom is 0.192 e. The van der Waals surface area contributed by atoms with Gasteiger partial charge in [-0.1, -0.05) is 30.3 Å². The van der Waals surface area contributed by atoms with Crippen molar-refractivity contribution < 1.29 is 5.11 Å². The molecule has 19 heavy (non-hydrogen) atoms. The fraction of sp³-hybridized carbons (Fsp3) is 0.533. The van der Waals surface area contributed by atoms with Crippen molar-refractivity contribution >= 4 is 5.96 Å². The van der Waals surface area contributed by atoms with E-state index in [1.807, 2.05) is 30.3 Å². The molecule has 0 aromatic heterocycles. The molecule has 4 nitrogen and oxygen atoms in total. The van der Waals surface area contributed by atoms with Crippen LogP contribution >= 0.6 is 0 Å². The fourth-order valence-electron chi connectivity index (χ4n) is 1.71. The van der Waals surface area contributed by atoms with Gasteiger partial charge < -0.3 is 15.7 Å². The van der Waals surface area contributed by atoms with Crippen LogP contribution in [0.3, 0.4) is 0 Å². The van der Waals surface area contributed by atoms with Crippen LogP contribution in [0.2, 0.25) is 0 Å². The highest BCUT2D eigenvalue weighted by molar-refractivity contribution is 5.80. The third-order valence-corrected chi connectivity index (χ3v) is 2.49. The van der Waals surface area contributed by atoms with Crippen molar-refractivity contribution in [3.05, 3.63) is 35.9 Å². The molecule has 0 heterocycles. The number of aliphatic imine (C=N–C) groups is 1. The van der Waals surface area contributed by atoms with Crippen LogP contribution in [0.5, 0.6) is 0 Å². The predicted octanol–water partition coefficient (Wildman–Crippen LogP) is 2.07. The summed E-state index contributed by atoms with van der Waals surface area (Å²) in [5.74, 6) is 0.730. The molecule has 0 radical (unpaired) electrons. The minimum absolute atomic E-state index is 0.00688. The van der Waals surface area contributed by atoms with Gasteiger partial charge >= 0.3 is 0 Å². The Balaban J connectivity index is 2.90. The summed E-state index contributed by atoms with van der Waals surface area (Å²) in [6.45, 7) is 8.25. The predicted molar refractivity (Wildman–Crippen MR) is 80.2 cm³/mol. The third-order valence-electron chi connectivity index (χ3n) is 2.49. The molecular weight excluding hydrogens is 238 g/mol. The smallest absolute Gasteiger partial charge is 0.192 e. The minimum atomic E-state index is -0.242. The van der Waals surface area contributed by atoms with Crippen LogP contribution in [-0.2, 0) is 0 Å². The Bertz CT molecular complexity index is 376. The molecule has 0 aliphatic rings. The zero-order chi connectivity index (χ0) is 14.3. The molecule has 1 aromatic rings. The maximum atomic E-state index is 9.53. The zero-order valence-corrected chi connectivity index (χ0v) is 12.2. The van der Waals surface area contributed by atoms with Crippen LogP contribution < -0.4 is 10.6 Å². The van der Waals surface area contributed by atoms with Gasteiger partial charge in [0.15, 0.2) is 5.96 Å². The second-order valence-electron chi connectivity index (χ2n) is 5.18. The third kappa shape index (κ3) is 5.75. The first kappa shape index (κ1) is 15.5. The van der Waals surface area contributed by atoms with Gasteiger partial charge in [0.1, 0.15) is 6.04 Å². The summed E-state index contributed by atoms with van der Waals surface area (Å²) >= 11 is 0. The van der Waals surface area contributed by atoms with Gasteiger partial charge in [-0.05, 0) is 33.3 Å². The van der Waals surface area contributed by atoms with Crippen molar-refractivity contribution in [3.63, 3.8) is 0 Å². The quantitative estimate of drug-likeness (QED) is 0.563. The van der Waals surface area contributed by atoms with Gasteiger partial charge in [-0.2, -0.15) is 0 Å². The molecule has 0 saturated heterocycles. The topological polar surface area (TPSA) is 56.7 Å². The number of aliphatic hydroxyl groups is 1. The van der Waals surface area contributed by atoms with Crippen molar-refractivity contribution in [1.82, 2.24) is 10.6 Å². The number of aliphatic hydroxyl groups excluding tert-OH is 1. The molecule has 0 saturated carbocycles. The molecule has 0 aliphatic heterocycles. The number of guanidine groups is 1. The SMILES string of the molecule is CC(C)NC(=N[C@@H](CO)c1ccccc1)NC(C)C. The van der Waals surface area contributed by atoms with Gasteiger partial charge in [-0.15, -0.1) is 0 Å². The minimum Gasteiger partial charge on any atom is -0.394 e. The Kier molecular flexibility index (Phi) is 6.36. The average molecular weight is 263 g/mol. The van der Waals surface area contributed by atoms with E-state index < -0.39 is 0 Å². The van der Waals surface area contributed by atoms with Gasteiger partial charge in [0.2, 0.25) is 0 Å². The van der Waals surface area contributed by atoms with Crippen LogP contribution in [0, 0.1) is 0 Å². The molecule has 0 aliphatic carbocycles. The highest BCUT2D eigenvalue weighted by Crippen LogP contribution is 2.16. The lowest BCUT2D eigenvalue weighted by Gasteiger charge is -2.20. The lowest BCUT2D eigenvalue weighted by atomic mass is 10.1. The Morgan fingerprint density at radius 3 is 2.00 bits per heavy atom. The number of benzene rings is 1. The van der Waals surface area contributed by atoms with Gasteiger partial charge in [-0.3, -0.25) is 0 Å². The van der Waals surface area contributed by atoms with E-state index in [1.54, 1.807) is 0 Å². The van der Waals surface area contributed by atoms with Crippen LogP contribution in [0.1, 0.15) is 39.3 Å². The first-order valence-electron chi connectivity index (χ1n) is 6.79. The van der Waals surface area contributed by atoms with Crippen LogP contribution in [0.25, 0.3) is 0 Å². The molecule has 1 aromatic carbocycles. The van der Waals surface area contributed by atoms with E-state index >= 15 is 0 Å². The molecule has 0 spiro atoms. The summed E-state index contributed by atoms with van der Waals surface area (Å²) in [7, 11) is 0. The zero-order valence-electron chi connectivity index (χ0n) is 12.2. The van der Waals surface area contributed by atoms with Gasteiger partial charge in [-0.25, -0.2) is 4.99 Å². The van der Waals surface area contributed by atoms with E-state index in [-0.39, 0.29) is 12.6 Å². The molecule has 1 atom stereocenters. The summed E-state index contributed by atoms with van der Waals surface area (Å²) in [5, 5.41) is 16.1. The van der Waals surface area contributed by atoms with E-state index in [1.165, 1.54) is 0 Å². The number of hydrogen-bond donors (Lipinski definition) is 3. The standard InChI is InChI=1S/C15H25N3O/c1-11(2)16-15(17-12(3)4)18-14(10-19)13-8-6-5-7-9-13/h5-9,11-12,14,19H,10H2,1-4H3,(H2,16,17,18)/t14-/m0/s1. The number of rotatable bonds is 5. The number of nitrogens with one attached hydrogen (secondary N) is 2. The molecule has 1 rings (SSSR count). The second-order valence-corrected chi connectivity index (χ2v) is 5.18. The van der Waals surface area contributed by atoms with Crippen molar-refractivity contribution in [2.75, 3.05) is 6.61 Å². The van der Waals surface area contributed by atoms with Gasteiger partial charge in [0.25, 0.3) is 0 Å². The van der Waals surface area contributed by atoms with E-state index in [0.717, 1.165) is 11.5 Å². The molecular formula is C15H25N3O. The number of hydrogen-bond acceptors (Lipinski definition) is 2. The van der Waals surface area contributed by atoms with Crippen molar-refractivity contribution in [1.29, 1.82) is 0 Å². The molecule has 0 bridgehead atoms. The van der Waals surface area contributed by atoms with Crippen LogP contribution in [0.15, 0.2) is 35.3 Å². The maximum absolute atomic E-state index is 9.53. The monoisotopic (exact) mass is 263 g/mol. The summed E-state index contributed by atoms with van der Waals surface area (Å²) in [4.78, 5) is 4.59. The van der Waals surface area contributed by atoms with Crippen LogP contribution in [0.4, 0.5) is 0 Å². The van der Waals surface area contributed by atoms with Crippen molar-refractivity contribution in [2.24, 2.45) is 4.99 Å². The first-order valence-corrected chi connectivity index (χ1v) is 6.79. The normalized spacial score (nSPS) is 12.4. The average Bonchev–Trinajstić information content (AvgIpc) is 2.35. The Labute approximate surface area is 116 Å². The Hall–Kier alpha value is -1.55. The highest BCUT2D eigenvalue weighted by atomic mass is 16.3. The fourth-order valence-corrected chi connectivity index (χ4v) is 1.71. The Morgan fingerprint density at radius 1 is 1.05 bits per heavy atom. The molecule has 0 amide bonds. The van der Waals surface area contributed by atoms with Crippen molar-refractivity contribution in [3.8, 4) is 0 Å². The summed E-state index contributed by atoms with van der Waals surface area (Å²) < 4.78 is 0. The first-order chi connectivity index (χ1) is 9.02. The largest absolute Gasteiger partial charge is 0.394 e. The summed E-state index contributed by atoms with van der Waals surface area (Å²) in [5.41, 5.74) is 1.01. The van der Waals surface area contributed by atoms with Crippen LogP contribution in [-0.4, -0.2) is 29.8 Å². The lowest BCUT2D eigenvalue weighted by Crippen LogP contribution is -2.44. The molecule has 0 fully saturated rings. The van der Waals surface area contributed by atoms with E-state index in [2.05, 4.69) is 43.3 Å². The lowest BCUT2D eigenvalue weighted by molar-refractivity contribution is 0.268. The van der Waals surface area contributed by atoms with Gasteiger partial charge in [0.05, 0.1) is 6.61 Å². The van der Waals surface area contributed by atoms with E-state index in [9.17, 15) is 5.11 Å². The van der Waals surface area contributed by atoms with Gasteiger partial charge in [0, 0.05) is 12.1 Å². The van der Waals surface area contributed by atoms with E-state index in [4.69, 9.17) is 0 Å². The molecule has 106 valence electrons. The molecule has 3 N–H and O–H groups in total. The summed E-state index contributed by atoms with van der Waals surface area (Å²) in [6.07, 6.45) is 0. The Morgan fingerprint density at radius 2 is 1.58 bits per heavy atom.